The molecule has 1 amide bonds. The lowest BCUT2D eigenvalue weighted by Crippen LogP contribution is -2.45. The summed E-state index contributed by atoms with van der Waals surface area (Å²) >= 11 is 0. The molecule has 4 nitrogen and oxygen atoms in total. The van der Waals surface area contributed by atoms with E-state index in [1.54, 1.807) is 6.08 Å². The van der Waals surface area contributed by atoms with Crippen molar-refractivity contribution in [1.29, 1.82) is 0 Å². The van der Waals surface area contributed by atoms with Crippen molar-refractivity contribution in [3.05, 3.63) is 60.8 Å². The van der Waals surface area contributed by atoms with Crippen molar-refractivity contribution in [2.24, 2.45) is 0 Å². The van der Waals surface area contributed by atoms with E-state index in [0.29, 0.717) is 6.42 Å². The number of hydrogen-bond donors (Lipinski definition) is 3. The molecule has 2 unspecified atom stereocenters. The molecule has 0 radical (unpaired) electrons. The molecule has 0 fully saturated rings. The number of carbonyl (C=O) groups is 1. The predicted octanol–water partition coefficient (Wildman–Crippen LogP) is 18.0. The Labute approximate surface area is 387 Å². The molecular formula is C58H107NO3. The molecule has 0 rings (SSSR count). The van der Waals surface area contributed by atoms with Crippen LogP contribution < -0.4 is 5.32 Å². The van der Waals surface area contributed by atoms with Gasteiger partial charge in [-0.2, -0.15) is 0 Å². The number of hydrogen-bond acceptors (Lipinski definition) is 3. The van der Waals surface area contributed by atoms with Crippen molar-refractivity contribution in [2.45, 2.75) is 296 Å². The van der Waals surface area contributed by atoms with Crippen LogP contribution in [0.3, 0.4) is 0 Å². The summed E-state index contributed by atoms with van der Waals surface area (Å²) in [5.74, 6) is -0.0856. The van der Waals surface area contributed by atoms with E-state index in [4.69, 9.17) is 0 Å². The standard InChI is InChI=1S/C58H107NO3/c1-3-5-7-9-11-13-15-17-19-21-23-24-25-26-27-28-29-30-31-32-33-34-36-37-39-41-43-45-47-49-51-53-57(61)56(55-60)59-58(62)54-52-50-48-46-44-42-40-38-35-22-20-18-16-14-12-10-8-6-4-2/h12,14,18,20,35,38,43,45,51,53,56-57,60-61H,3-11,13,15-17,19,21-34,36-37,39-42,44,46-50,52,54-55H2,1-2H3,(H,59,62)/b14-12-,20-18-,38-35-,45-43+,53-51+. The third kappa shape index (κ3) is 49.1. The molecule has 0 saturated heterocycles. The van der Waals surface area contributed by atoms with Gasteiger partial charge in [0, 0.05) is 6.42 Å². The van der Waals surface area contributed by atoms with Crippen LogP contribution in [0.5, 0.6) is 0 Å². The van der Waals surface area contributed by atoms with Crippen LogP contribution in [0.4, 0.5) is 0 Å². The van der Waals surface area contributed by atoms with Gasteiger partial charge in [-0.15, -0.1) is 0 Å². The third-order valence-electron chi connectivity index (χ3n) is 12.5. The molecule has 0 aromatic carbocycles. The Kier molecular flexibility index (Phi) is 51.8. The Morgan fingerprint density at radius 1 is 0.387 bits per heavy atom. The maximum absolute atomic E-state index is 12.4. The van der Waals surface area contributed by atoms with Gasteiger partial charge in [-0.05, 0) is 70.6 Å². The SMILES string of the molecule is CCCCC/C=C\C/C=C\C/C=C\CCCCCCCCC(=O)NC(CO)C(O)/C=C/CC/C=C/CCCCCCCCCCCCCCCCCCCCCCCCCCC. The minimum atomic E-state index is -0.871. The number of unbranched alkanes of at least 4 members (excludes halogenated alkanes) is 35. The first-order valence-corrected chi connectivity index (χ1v) is 27.5. The van der Waals surface area contributed by atoms with Gasteiger partial charge in [0.15, 0.2) is 0 Å². The van der Waals surface area contributed by atoms with Crippen LogP contribution in [-0.4, -0.2) is 34.9 Å². The van der Waals surface area contributed by atoms with Gasteiger partial charge in [0.25, 0.3) is 0 Å². The van der Waals surface area contributed by atoms with Crippen molar-refractivity contribution in [3.8, 4) is 0 Å². The molecule has 0 bridgehead atoms. The smallest absolute Gasteiger partial charge is 0.220 e. The Hall–Kier alpha value is -1.91. The number of rotatable bonds is 50. The third-order valence-corrected chi connectivity index (χ3v) is 12.5. The minimum absolute atomic E-state index is 0.0856. The fourth-order valence-electron chi connectivity index (χ4n) is 8.26. The highest BCUT2D eigenvalue weighted by molar-refractivity contribution is 5.76. The van der Waals surface area contributed by atoms with Gasteiger partial charge in [-0.25, -0.2) is 0 Å². The number of allylic oxidation sites excluding steroid dienone is 9. The number of carbonyl (C=O) groups excluding carboxylic acids is 1. The Morgan fingerprint density at radius 3 is 1.08 bits per heavy atom. The average molecular weight is 866 g/mol. The zero-order valence-corrected chi connectivity index (χ0v) is 41.6. The zero-order chi connectivity index (χ0) is 44.9. The van der Waals surface area contributed by atoms with E-state index in [0.717, 1.165) is 57.8 Å². The fraction of sp³-hybridized carbons (Fsp3) is 0.810. The minimum Gasteiger partial charge on any atom is -0.394 e. The van der Waals surface area contributed by atoms with Crippen LogP contribution in [-0.2, 0) is 4.79 Å². The van der Waals surface area contributed by atoms with Gasteiger partial charge in [-0.3, -0.25) is 4.79 Å². The van der Waals surface area contributed by atoms with E-state index < -0.39 is 12.1 Å². The van der Waals surface area contributed by atoms with Crippen molar-refractivity contribution in [2.75, 3.05) is 6.61 Å². The molecule has 2 atom stereocenters. The molecule has 0 aliphatic carbocycles. The van der Waals surface area contributed by atoms with Gasteiger partial charge in [0.1, 0.15) is 0 Å². The largest absolute Gasteiger partial charge is 0.394 e. The van der Waals surface area contributed by atoms with Gasteiger partial charge < -0.3 is 15.5 Å². The number of nitrogens with one attached hydrogen (secondary N) is 1. The molecule has 0 saturated carbocycles. The summed E-state index contributed by atoms with van der Waals surface area (Å²) in [7, 11) is 0. The lowest BCUT2D eigenvalue weighted by Gasteiger charge is -2.19. The Balaban J connectivity index is 3.54. The highest BCUT2D eigenvalue weighted by Gasteiger charge is 2.17. The first kappa shape index (κ1) is 60.1. The summed E-state index contributed by atoms with van der Waals surface area (Å²) in [6.45, 7) is 4.28. The molecule has 4 heteroatoms. The lowest BCUT2D eigenvalue weighted by molar-refractivity contribution is -0.123. The molecule has 62 heavy (non-hydrogen) atoms. The van der Waals surface area contributed by atoms with E-state index in [1.807, 2.05) is 6.08 Å². The van der Waals surface area contributed by atoms with Gasteiger partial charge in [0.2, 0.25) is 5.91 Å². The maximum Gasteiger partial charge on any atom is 0.220 e. The second-order valence-electron chi connectivity index (χ2n) is 18.6. The second kappa shape index (κ2) is 53.4. The van der Waals surface area contributed by atoms with E-state index in [9.17, 15) is 15.0 Å². The Bertz CT molecular complexity index is 1030. The number of aliphatic hydroxyl groups excluding tert-OH is 2. The first-order valence-electron chi connectivity index (χ1n) is 27.5. The highest BCUT2D eigenvalue weighted by atomic mass is 16.3. The van der Waals surface area contributed by atoms with Crippen LogP contribution in [0, 0.1) is 0 Å². The molecule has 0 aromatic rings. The molecular weight excluding hydrogens is 759 g/mol. The molecule has 362 valence electrons. The predicted molar refractivity (Wildman–Crippen MR) is 276 cm³/mol. The van der Waals surface area contributed by atoms with Crippen LogP contribution in [0.15, 0.2) is 60.8 Å². The van der Waals surface area contributed by atoms with E-state index >= 15 is 0 Å². The van der Waals surface area contributed by atoms with Crippen LogP contribution in [0.1, 0.15) is 284 Å². The van der Waals surface area contributed by atoms with Crippen LogP contribution in [0.2, 0.25) is 0 Å². The van der Waals surface area contributed by atoms with Crippen molar-refractivity contribution in [3.63, 3.8) is 0 Å². The first-order chi connectivity index (χ1) is 30.7. The van der Waals surface area contributed by atoms with Crippen LogP contribution in [0.25, 0.3) is 0 Å². The summed E-state index contributed by atoms with van der Waals surface area (Å²) in [6.07, 6.45) is 75.2. The van der Waals surface area contributed by atoms with Gasteiger partial charge in [0.05, 0.1) is 18.8 Å². The van der Waals surface area contributed by atoms with Crippen molar-refractivity contribution < 1.29 is 15.0 Å². The fourth-order valence-corrected chi connectivity index (χ4v) is 8.26. The summed E-state index contributed by atoms with van der Waals surface area (Å²) in [5.41, 5.74) is 0. The molecule has 0 spiro atoms. The molecule has 0 aliphatic heterocycles. The molecule has 0 aliphatic rings. The molecule has 0 heterocycles. The van der Waals surface area contributed by atoms with Crippen molar-refractivity contribution in [1.82, 2.24) is 5.32 Å². The summed E-state index contributed by atoms with van der Waals surface area (Å²) < 4.78 is 0. The van der Waals surface area contributed by atoms with E-state index in [-0.39, 0.29) is 12.5 Å². The highest BCUT2D eigenvalue weighted by Crippen LogP contribution is 2.17. The zero-order valence-electron chi connectivity index (χ0n) is 41.6. The molecule has 3 N–H and O–H groups in total. The summed E-state index contributed by atoms with van der Waals surface area (Å²) in [4.78, 5) is 12.4. The van der Waals surface area contributed by atoms with Gasteiger partial charge in [-0.1, -0.05) is 267 Å². The van der Waals surface area contributed by atoms with E-state index in [1.165, 1.54) is 205 Å². The number of aliphatic hydroxyl groups is 2. The maximum atomic E-state index is 12.4. The van der Waals surface area contributed by atoms with E-state index in [2.05, 4.69) is 67.8 Å². The Morgan fingerprint density at radius 2 is 0.677 bits per heavy atom. The van der Waals surface area contributed by atoms with Gasteiger partial charge >= 0.3 is 0 Å². The monoisotopic (exact) mass is 866 g/mol. The van der Waals surface area contributed by atoms with Crippen LogP contribution >= 0.6 is 0 Å². The topological polar surface area (TPSA) is 69.6 Å². The number of amides is 1. The summed E-state index contributed by atoms with van der Waals surface area (Å²) in [5, 5.41) is 23.1. The average Bonchev–Trinajstić information content (AvgIpc) is 3.28. The second-order valence-corrected chi connectivity index (χ2v) is 18.6. The van der Waals surface area contributed by atoms with Crippen molar-refractivity contribution >= 4 is 5.91 Å². The molecule has 0 aromatic heterocycles. The summed E-state index contributed by atoms with van der Waals surface area (Å²) in [6, 6.07) is -0.650. The quantitative estimate of drug-likeness (QED) is 0.0421. The lowest BCUT2D eigenvalue weighted by atomic mass is 10.0. The normalized spacial score (nSPS) is 13.3.